The van der Waals surface area contributed by atoms with E-state index in [0.717, 1.165) is 24.1 Å². The molecule has 0 bridgehead atoms. The van der Waals surface area contributed by atoms with Crippen molar-refractivity contribution in [3.8, 4) is 0 Å². The Morgan fingerprint density at radius 1 is 1.20 bits per heavy atom. The molecule has 1 atom stereocenters. The van der Waals surface area contributed by atoms with Crippen LogP contribution in [0.3, 0.4) is 0 Å². The predicted octanol–water partition coefficient (Wildman–Crippen LogP) is 3.10. The molecule has 40 heavy (non-hydrogen) atoms. The Morgan fingerprint density at radius 2 is 1.93 bits per heavy atom. The van der Waals surface area contributed by atoms with Gasteiger partial charge in [-0.25, -0.2) is 0 Å². The van der Waals surface area contributed by atoms with E-state index in [0.29, 0.717) is 62.6 Å². The highest BCUT2D eigenvalue weighted by atomic mass is 19.4. The van der Waals surface area contributed by atoms with Crippen molar-refractivity contribution in [2.24, 2.45) is 0 Å². The summed E-state index contributed by atoms with van der Waals surface area (Å²) in [6, 6.07) is 4.27. The van der Waals surface area contributed by atoms with Gasteiger partial charge in [0.25, 0.3) is 5.56 Å². The lowest BCUT2D eigenvalue weighted by Crippen LogP contribution is -2.47. The van der Waals surface area contributed by atoms with Crippen molar-refractivity contribution >= 4 is 28.6 Å². The molecular weight excluding hydrogens is 527 g/mol. The number of alkyl halides is 3. The van der Waals surface area contributed by atoms with Crippen LogP contribution in [0.15, 0.2) is 35.1 Å². The van der Waals surface area contributed by atoms with Crippen molar-refractivity contribution in [2.75, 3.05) is 43.5 Å². The third-order valence-electron chi connectivity index (χ3n) is 7.37. The van der Waals surface area contributed by atoms with Crippen LogP contribution >= 0.6 is 0 Å². The van der Waals surface area contributed by atoms with E-state index in [-0.39, 0.29) is 29.7 Å². The average Bonchev–Trinajstić information content (AvgIpc) is 3.41. The zero-order chi connectivity index (χ0) is 28.4. The van der Waals surface area contributed by atoms with Crippen molar-refractivity contribution in [1.82, 2.24) is 24.5 Å². The predicted molar refractivity (Wildman–Crippen MR) is 144 cm³/mol. The van der Waals surface area contributed by atoms with Gasteiger partial charge in [0.2, 0.25) is 11.7 Å². The number of nitrogens with one attached hydrogen (secondary N) is 2. The number of allylic oxidation sites excluding steroid dienone is 1. The lowest BCUT2D eigenvalue weighted by atomic mass is 9.97. The van der Waals surface area contributed by atoms with Crippen molar-refractivity contribution in [3.05, 3.63) is 57.8 Å². The van der Waals surface area contributed by atoms with Crippen LogP contribution in [0.1, 0.15) is 43.3 Å². The molecule has 13 heteroatoms. The van der Waals surface area contributed by atoms with E-state index < -0.39 is 17.6 Å². The number of nitrogens with zero attached hydrogens (tertiary/aromatic N) is 5. The first-order valence-corrected chi connectivity index (χ1v) is 13.4. The van der Waals surface area contributed by atoms with E-state index in [4.69, 9.17) is 9.72 Å². The lowest BCUT2D eigenvalue weighted by Gasteiger charge is -2.31. The molecule has 1 unspecified atom stereocenters. The van der Waals surface area contributed by atoms with Crippen molar-refractivity contribution in [2.45, 2.75) is 51.4 Å². The third-order valence-corrected chi connectivity index (χ3v) is 7.37. The van der Waals surface area contributed by atoms with Gasteiger partial charge in [-0.3, -0.25) is 9.59 Å². The molecule has 3 aromatic rings. The van der Waals surface area contributed by atoms with Crippen LogP contribution in [-0.2, 0) is 28.7 Å². The monoisotopic (exact) mass is 559 g/mol. The summed E-state index contributed by atoms with van der Waals surface area (Å²) >= 11 is 0. The normalized spacial score (nSPS) is 18.2. The molecule has 2 aliphatic rings. The van der Waals surface area contributed by atoms with Gasteiger partial charge < -0.3 is 24.8 Å². The van der Waals surface area contributed by atoms with Crippen LogP contribution in [0.25, 0.3) is 11.4 Å². The molecule has 1 aliphatic heterocycles. The number of methoxy groups -OCH3 is 1. The van der Waals surface area contributed by atoms with Crippen molar-refractivity contribution in [1.29, 1.82) is 0 Å². The van der Waals surface area contributed by atoms with E-state index in [1.165, 1.54) is 16.6 Å². The number of piperazine rings is 1. The minimum Gasteiger partial charge on any atom is -0.381 e. The fraction of sp³-hybridized carbons (Fsp3) is 0.481. The Hall–Kier alpha value is -3.71. The number of hydrogen-bond donors (Lipinski definition) is 2. The second-order valence-corrected chi connectivity index (χ2v) is 9.91. The van der Waals surface area contributed by atoms with Gasteiger partial charge in [-0.05, 0) is 55.5 Å². The number of carbonyl (C=O) groups excluding carboxylic acids is 1. The van der Waals surface area contributed by atoms with Gasteiger partial charge in [-0.1, -0.05) is 13.0 Å². The zero-order valence-corrected chi connectivity index (χ0v) is 22.4. The average molecular weight is 560 g/mol. The zero-order valence-electron chi connectivity index (χ0n) is 22.4. The van der Waals surface area contributed by atoms with Gasteiger partial charge >= 0.3 is 6.18 Å². The molecule has 0 saturated carbocycles. The Kier molecular flexibility index (Phi) is 7.95. The van der Waals surface area contributed by atoms with Crippen LogP contribution in [0.2, 0.25) is 0 Å². The standard InChI is InChI=1S/C27H32F3N7O3/c1-3-21-23(35-14-12-31-13-15-35)25(39)37-26(33-24(34-37)17-4-10-20(40-2)11-5-17)36(21)16-22(38)32-19-8-6-18(7-9-19)27(28,29)30/h4,6-9,20,31H,3,5,10-16H2,1-2H3,(H,32,38). The smallest absolute Gasteiger partial charge is 0.381 e. The SMILES string of the molecule is CCc1c(N2CCNCC2)c(=O)n2nc(C3=CCC(OC)CC3)nc2n1CC(=O)Nc1ccc(C(F)(F)F)cc1. The van der Waals surface area contributed by atoms with Crippen LogP contribution in [0.4, 0.5) is 24.5 Å². The summed E-state index contributed by atoms with van der Waals surface area (Å²) in [5, 5.41) is 10.5. The molecular formula is C27H32F3N7O3. The molecule has 2 N–H and O–H groups in total. The topological polar surface area (TPSA) is 106 Å². The first kappa shape index (κ1) is 27.8. The largest absolute Gasteiger partial charge is 0.416 e. The first-order chi connectivity index (χ1) is 19.2. The number of ether oxygens (including phenoxy) is 1. The summed E-state index contributed by atoms with van der Waals surface area (Å²) in [5.41, 5.74) is 1.19. The Balaban J connectivity index is 1.54. The minimum absolute atomic E-state index is 0.126. The second kappa shape index (κ2) is 11.4. The van der Waals surface area contributed by atoms with Crippen LogP contribution in [0, 0.1) is 0 Å². The van der Waals surface area contributed by atoms with Gasteiger partial charge in [0, 0.05) is 39.0 Å². The number of rotatable bonds is 7. The highest BCUT2D eigenvalue weighted by Gasteiger charge is 2.30. The number of benzene rings is 1. The van der Waals surface area contributed by atoms with Gasteiger partial charge in [-0.2, -0.15) is 22.7 Å². The number of carbonyl (C=O) groups is 1. The highest BCUT2D eigenvalue weighted by Crippen LogP contribution is 2.30. The maximum atomic E-state index is 13.8. The molecule has 1 saturated heterocycles. The van der Waals surface area contributed by atoms with E-state index in [9.17, 15) is 22.8 Å². The highest BCUT2D eigenvalue weighted by molar-refractivity contribution is 5.91. The van der Waals surface area contributed by atoms with E-state index in [2.05, 4.69) is 15.7 Å². The molecule has 5 rings (SSSR count). The molecule has 1 amide bonds. The Morgan fingerprint density at radius 3 is 2.52 bits per heavy atom. The fourth-order valence-corrected chi connectivity index (χ4v) is 5.27. The van der Waals surface area contributed by atoms with Gasteiger partial charge in [0.05, 0.1) is 17.4 Å². The van der Waals surface area contributed by atoms with Gasteiger partial charge in [-0.15, -0.1) is 5.10 Å². The third kappa shape index (κ3) is 5.61. The molecule has 10 nitrogen and oxygen atoms in total. The van der Waals surface area contributed by atoms with Gasteiger partial charge in [0.15, 0.2) is 5.82 Å². The van der Waals surface area contributed by atoms with Crippen LogP contribution in [-0.4, -0.2) is 64.5 Å². The number of hydrogen-bond acceptors (Lipinski definition) is 7. The van der Waals surface area contributed by atoms with E-state index >= 15 is 0 Å². The molecule has 2 aromatic heterocycles. The molecule has 1 aliphatic carbocycles. The van der Waals surface area contributed by atoms with Crippen LogP contribution in [0.5, 0.6) is 0 Å². The summed E-state index contributed by atoms with van der Waals surface area (Å²) < 4.78 is 47.2. The fourth-order valence-electron chi connectivity index (χ4n) is 5.27. The first-order valence-electron chi connectivity index (χ1n) is 13.4. The van der Waals surface area contributed by atoms with Gasteiger partial charge in [0.1, 0.15) is 12.2 Å². The summed E-state index contributed by atoms with van der Waals surface area (Å²) in [6.45, 7) is 4.38. The summed E-state index contributed by atoms with van der Waals surface area (Å²) in [7, 11) is 1.68. The minimum atomic E-state index is -4.47. The molecule has 3 heterocycles. The molecule has 214 valence electrons. The molecule has 0 spiro atoms. The van der Waals surface area contributed by atoms with E-state index in [1.54, 1.807) is 11.7 Å². The quantitative estimate of drug-likeness (QED) is 0.458. The number of aromatic nitrogens is 4. The summed E-state index contributed by atoms with van der Waals surface area (Å²) in [5.74, 6) is 0.215. The van der Waals surface area contributed by atoms with E-state index in [1.807, 2.05) is 17.9 Å². The molecule has 1 fully saturated rings. The van der Waals surface area contributed by atoms with Crippen LogP contribution < -0.4 is 21.1 Å². The molecule has 0 radical (unpaired) electrons. The number of anilines is 2. The maximum absolute atomic E-state index is 13.8. The number of amides is 1. The summed E-state index contributed by atoms with van der Waals surface area (Å²) in [6.07, 6.45) is 0.362. The Labute approximate surface area is 228 Å². The number of halogens is 3. The lowest BCUT2D eigenvalue weighted by molar-refractivity contribution is -0.137. The number of fused-ring (bicyclic) bond motifs is 1. The maximum Gasteiger partial charge on any atom is 0.416 e. The molecule has 1 aromatic carbocycles. The summed E-state index contributed by atoms with van der Waals surface area (Å²) in [4.78, 5) is 33.7. The Bertz CT molecular complexity index is 1470. The van der Waals surface area contributed by atoms with Crippen molar-refractivity contribution < 1.29 is 22.7 Å². The second-order valence-electron chi connectivity index (χ2n) is 9.91. The van der Waals surface area contributed by atoms with Crippen molar-refractivity contribution in [3.63, 3.8) is 0 Å².